The molecule has 1 heterocycles. The third-order valence-corrected chi connectivity index (χ3v) is 4.76. The summed E-state index contributed by atoms with van der Waals surface area (Å²) in [5.74, 6) is 0.698. The van der Waals surface area contributed by atoms with Crippen LogP contribution in [-0.2, 0) is 0 Å². The van der Waals surface area contributed by atoms with E-state index in [1.807, 2.05) is 18.2 Å². The molecular formula is C19H16Cl2N2O2. The van der Waals surface area contributed by atoms with Crippen LogP contribution in [0.2, 0.25) is 10.0 Å². The molecule has 0 N–H and O–H groups in total. The van der Waals surface area contributed by atoms with Crippen LogP contribution in [0.1, 0.15) is 28.8 Å². The Morgan fingerprint density at radius 1 is 1.12 bits per heavy atom. The number of halogens is 2. The number of benzene rings is 2. The van der Waals surface area contributed by atoms with E-state index in [2.05, 4.69) is 0 Å². The zero-order valence-electron chi connectivity index (χ0n) is 13.4. The fourth-order valence-corrected chi connectivity index (χ4v) is 3.09. The van der Waals surface area contributed by atoms with Gasteiger partial charge >= 0.3 is 0 Å². The van der Waals surface area contributed by atoms with Crippen LogP contribution in [0.4, 0.5) is 0 Å². The van der Waals surface area contributed by atoms with Crippen LogP contribution in [0.25, 0.3) is 0 Å². The van der Waals surface area contributed by atoms with E-state index in [4.69, 9.17) is 33.2 Å². The van der Waals surface area contributed by atoms with Gasteiger partial charge in [0.15, 0.2) is 0 Å². The average Bonchev–Trinajstić information content (AvgIpc) is 2.64. The Morgan fingerprint density at radius 2 is 1.80 bits per heavy atom. The van der Waals surface area contributed by atoms with Crippen LogP contribution >= 0.6 is 23.2 Å². The van der Waals surface area contributed by atoms with Crippen molar-refractivity contribution in [3.8, 4) is 11.8 Å². The van der Waals surface area contributed by atoms with Gasteiger partial charge in [-0.2, -0.15) is 5.26 Å². The van der Waals surface area contributed by atoms with Crippen molar-refractivity contribution in [3.05, 3.63) is 63.6 Å². The lowest BCUT2D eigenvalue weighted by atomic mass is 10.1. The number of hydrogen-bond donors (Lipinski definition) is 0. The third-order valence-electron chi connectivity index (χ3n) is 4.18. The standard InChI is InChI=1S/C19H16Cl2N2O2/c20-15-2-4-16(5-3-15)25-17-7-9-23(10-8-17)19(24)13-1-6-18(21)14(11-13)12-22/h1-6,11,17H,7-10H2. The molecule has 1 aliphatic rings. The molecule has 0 unspecified atom stereocenters. The van der Waals surface area contributed by atoms with Gasteiger partial charge in [0.1, 0.15) is 17.9 Å². The maximum atomic E-state index is 12.6. The summed E-state index contributed by atoms with van der Waals surface area (Å²) in [4.78, 5) is 14.4. The number of hydrogen-bond acceptors (Lipinski definition) is 3. The highest BCUT2D eigenvalue weighted by atomic mass is 35.5. The molecule has 128 valence electrons. The number of carbonyl (C=O) groups excluding carboxylic acids is 1. The molecule has 0 radical (unpaired) electrons. The van der Waals surface area contributed by atoms with Crippen molar-refractivity contribution in [2.45, 2.75) is 18.9 Å². The molecule has 1 amide bonds. The van der Waals surface area contributed by atoms with Gasteiger partial charge in [-0.25, -0.2) is 0 Å². The predicted molar refractivity (Wildman–Crippen MR) is 97.2 cm³/mol. The first-order valence-corrected chi connectivity index (χ1v) is 8.73. The fraction of sp³-hybridized carbons (Fsp3) is 0.263. The molecule has 0 aliphatic carbocycles. The second-order valence-corrected chi connectivity index (χ2v) is 6.71. The van der Waals surface area contributed by atoms with Gasteiger partial charge in [0, 0.05) is 36.5 Å². The van der Waals surface area contributed by atoms with Crippen molar-refractivity contribution in [1.82, 2.24) is 4.90 Å². The molecule has 0 saturated carbocycles. The lowest BCUT2D eigenvalue weighted by Crippen LogP contribution is -2.41. The Kier molecular flexibility index (Phi) is 5.47. The minimum absolute atomic E-state index is 0.0742. The lowest BCUT2D eigenvalue weighted by molar-refractivity contribution is 0.0595. The zero-order valence-corrected chi connectivity index (χ0v) is 14.9. The number of likely N-dealkylation sites (tertiary alicyclic amines) is 1. The predicted octanol–water partition coefficient (Wildman–Crippen LogP) is 4.55. The van der Waals surface area contributed by atoms with E-state index < -0.39 is 0 Å². The Labute approximate surface area is 156 Å². The molecule has 1 saturated heterocycles. The molecule has 2 aromatic rings. The fourth-order valence-electron chi connectivity index (χ4n) is 2.81. The molecular weight excluding hydrogens is 359 g/mol. The van der Waals surface area contributed by atoms with E-state index in [1.165, 1.54) is 0 Å². The molecule has 0 bridgehead atoms. The van der Waals surface area contributed by atoms with Crippen molar-refractivity contribution in [1.29, 1.82) is 5.26 Å². The van der Waals surface area contributed by atoms with Gasteiger partial charge in [0.05, 0.1) is 10.6 Å². The molecule has 2 aromatic carbocycles. The number of rotatable bonds is 3. The second kappa shape index (κ2) is 7.77. The third kappa shape index (κ3) is 4.25. The summed E-state index contributed by atoms with van der Waals surface area (Å²) in [6.45, 7) is 1.23. The SMILES string of the molecule is N#Cc1cc(C(=O)N2CCC(Oc3ccc(Cl)cc3)CC2)ccc1Cl. The highest BCUT2D eigenvalue weighted by molar-refractivity contribution is 6.31. The van der Waals surface area contributed by atoms with E-state index in [9.17, 15) is 4.79 Å². The summed E-state index contributed by atoms with van der Waals surface area (Å²) in [6.07, 6.45) is 1.59. The molecule has 25 heavy (non-hydrogen) atoms. The van der Waals surface area contributed by atoms with Crippen LogP contribution in [0.3, 0.4) is 0 Å². The van der Waals surface area contributed by atoms with Crippen LogP contribution in [0.15, 0.2) is 42.5 Å². The monoisotopic (exact) mass is 374 g/mol. The van der Waals surface area contributed by atoms with E-state index in [0.717, 1.165) is 18.6 Å². The molecule has 0 aromatic heterocycles. The molecule has 6 heteroatoms. The molecule has 0 atom stereocenters. The van der Waals surface area contributed by atoms with Gasteiger partial charge < -0.3 is 9.64 Å². The Bertz CT molecular complexity index is 807. The van der Waals surface area contributed by atoms with Crippen molar-refractivity contribution in [3.63, 3.8) is 0 Å². The van der Waals surface area contributed by atoms with Crippen LogP contribution in [-0.4, -0.2) is 30.0 Å². The van der Waals surface area contributed by atoms with Crippen molar-refractivity contribution >= 4 is 29.1 Å². The topological polar surface area (TPSA) is 53.3 Å². The number of piperidine rings is 1. The summed E-state index contributed by atoms with van der Waals surface area (Å²) < 4.78 is 5.94. The average molecular weight is 375 g/mol. The molecule has 0 spiro atoms. The Hall–Kier alpha value is -2.22. The zero-order chi connectivity index (χ0) is 17.8. The molecule has 1 aliphatic heterocycles. The lowest BCUT2D eigenvalue weighted by Gasteiger charge is -2.32. The van der Waals surface area contributed by atoms with E-state index in [-0.39, 0.29) is 12.0 Å². The van der Waals surface area contributed by atoms with Crippen molar-refractivity contribution in [2.24, 2.45) is 0 Å². The maximum Gasteiger partial charge on any atom is 0.253 e. The van der Waals surface area contributed by atoms with Gasteiger partial charge in [0.25, 0.3) is 5.91 Å². The first kappa shape index (κ1) is 17.6. The first-order chi connectivity index (χ1) is 12.1. The van der Waals surface area contributed by atoms with Gasteiger partial charge in [-0.15, -0.1) is 0 Å². The summed E-state index contributed by atoms with van der Waals surface area (Å²) >= 11 is 11.8. The summed E-state index contributed by atoms with van der Waals surface area (Å²) in [7, 11) is 0. The number of ether oxygens (including phenoxy) is 1. The van der Waals surface area contributed by atoms with Crippen molar-refractivity contribution in [2.75, 3.05) is 13.1 Å². The van der Waals surface area contributed by atoms with E-state index in [0.29, 0.717) is 34.3 Å². The highest BCUT2D eigenvalue weighted by Crippen LogP contribution is 2.23. The number of amides is 1. The smallest absolute Gasteiger partial charge is 0.253 e. The summed E-state index contributed by atoms with van der Waals surface area (Å²) in [5.41, 5.74) is 0.798. The van der Waals surface area contributed by atoms with E-state index in [1.54, 1.807) is 35.2 Å². The maximum absolute atomic E-state index is 12.6. The summed E-state index contributed by atoms with van der Waals surface area (Å²) in [5, 5.41) is 10.1. The van der Waals surface area contributed by atoms with E-state index >= 15 is 0 Å². The second-order valence-electron chi connectivity index (χ2n) is 5.87. The van der Waals surface area contributed by atoms with Gasteiger partial charge in [-0.05, 0) is 42.5 Å². The molecule has 1 fully saturated rings. The minimum atomic E-state index is -0.0851. The van der Waals surface area contributed by atoms with Crippen LogP contribution in [0, 0.1) is 11.3 Å². The van der Waals surface area contributed by atoms with Crippen LogP contribution in [0.5, 0.6) is 5.75 Å². The van der Waals surface area contributed by atoms with Crippen molar-refractivity contribution < 1.29 is 9.53 Å². The molecule has 3 rings (SSSR count). The highest BCUT2D eigenvalue weighted by Gasteiger charge is 2.25. The van der Waals surface area contributed by atoms with Crippen LogP contribution < -0.4 is 4.74 Å². The number of nitriles is 1. The largest absolute Gasteiger partial charge is 0.490 e. The molecule has 4 nitrogen and oxygen atoms in total. The number of carbonyl (C=O) groups is 1. The minimum Gasteiger partial charge on any atom is -0.490 e. The van der Waals surface area contributed by atoms with Gasteiger partial charge in [0.2, 0.25) is 0 Å². The normalized spacial score (nSPS) is 14.8. The Morgan fingerprint density at radius 3 is 2.44 bits per heavy atom. The quantitative estimate of drug-likeness (QED) is 0.791. The van der Waals surface area contributed by atoms with Gasteiger partial charge in [-0.1, -0.05) is 23.2 Å². The number of nitrogens with zero attached hydrogens (tertiary/aromatic N) is 2. The Balaban J connectivity index is 1.59. The summed E-state index contributed by atoms with van der Waals surface area (Å²) in [6, 6.07) is 14.1. The first-order valence-electron chi connectivity index (χ1n) is 7.98. The van der Waals surface area contributed by atoms with Gasteiger partial charge in [-0.3, -0.25) is 4.79 Å².